The number of hydrogen-bond acceptors (Lipinski definition) is 1. The monoisotopic (exact) mass is 270 g/mol. The molecule has 2 heteroatoms. The summed E-state index contributed by atoms with van der Waals surface area (Å²) in [6, 6.07) is 6.00. The fourth-order valence-corrected chi connectivity index (χ4v) is 1.91. The van der Waals surface area contributed by atoms with E-state index in [1.54, 1.807) is 0 Å². The number of rotatable bonds is 6. The molecule has 0 atom stereocenters. The lowest BCUT2D eigenvalue weighted by Gasteiger charge is -2.06. The van der Waals surface area contributed by atoms with Crippen molar-refractivity contribution in [1.82, 2.24) is 0 Å². The molecule has 0 fully saturated rings. The van der Waals surface area contributed by atoms with Gasteiger partial charge in [-0.2, -0.15) is 0 Å². The number of phenols is 1. The van der Waals surface area contributed by atoms with Crippen molar-refractivity contribution in [1.29, 1.82) is 0 Å². The zero-order valence-electron chi connectivity index (χ0n) is 9.30. The molecule has 1 N–H and O–H groups in total. The maximum atomic E-state index is 9.68. The smallest absolute Gasteiger partial charge is 0.118 e. The van der Waals surface area contributed by atoms with Crippen molar-refractivity contribution >= 4 is 15.9 Å². The van der Waals surface area contributed by atoms with Crippen LogP contribution < -0.4 is 0 Å². The first-order valence-electron chi connectivity index (χ1n) is 5.64. The third-order valence-corrected chi connectivity index (χ3v) is 3.10. The Bertz CT molecular complexity index is 297. The van der Waals surface area contributed by atoms with Crippen LogP contribution in [0.4, 0.5) is 0 Å². The van der Waals surface area contributed by atoms with Gasteiger partial charge in [0.2, 0.25) is 0 Å². The van der Waals surface area contributed by atoms with Gasteiger partial charge in [-0.05, 0) is 42.9 Å². The number of unbranched alkanes of at least 4 members (excludes halogenated alkanes) is 1. The second-order valence-corrected chi connectivity index (χ2v) is 4.65. The standard InChI is InChI=1S/C13H19BrO/c1-2-3-6-12-10-11(5-4-9-14)7-8-13(12)15/h7-8,10,15H,2-6,9H2,1H3. The van der Waals surface area contributed by atoms with Crippen molar-refractivity contribution in [3.63, 3.8) is 0 Å². The molecule has 15 heavy (non-hydrogen) atoms. The van der Waals surface area contributed by atoms with Crippen LogP contribution in [0.2, 0.25) is 0 Å². The predicted molar refractivity (Wildman–Crippen MR) is 68.8 cm³/mol. The van der Waals surface area contributed by atoms with Crippen molar-refractivity contribution in [2.24, 2.45) is 0 Å². The largest absolute Gasteiger partial charge is 0.508 e. The van der Waals surface area contributed by atoms with E-state index in [1.165, 1.54) is 12.0 Å². The van der Waals surface area contributed by atoms with Gasteiger partial charge >= 0.3 is 0 Å². The summed E-state index contributed by atoms with van der Waals surface area (Å²) < 4.78 is 0. The Kier molecular flexibility index (Phi) is 5.77. The van der Waals surface area contributed by atoms with Crippen LogP contribution in [0, 0.1) is 0 Å². The molecule has 0 unspecified atom stereocenters. The average molecular weight is 271 g/mol. The Morgan fingerprint density at radius 2 is 2.00 bits per heavy atom. The number of aryl methyl sites for hydroxylation is 2. The molecule has 0 bridgehead atoms. The molecule has 1 nitrogen and oxygen atoms in total. The normalized spacial score (nSPS) is 10.5. The molecule has 0 aliphatic carbocycles. The molecule has 1 rings (SSSR count). The summed E-state index contributed by atoms with van der Waals surface area (Å²) >= 11 is 3.43. The lowest BCUT2D eigenvalue weighted by molar-refractivity contribution is 0.466. The number of hydrogen-bond donors (Lipinski definition) is 1. The van der Waals surface area contributed by atoms with Gasteiger partial charge in [0.25, 0.3) is 0 Å². The van der Waals surface area contributed by atoms with E-state index in [9.17, 15) is 5.11 Å². The van der Waals surface area contributed by atoms with Gasteiger partial charge in [0.05, 0.1) is 0 Å². The van der Waals surface area contributed by atoms with Crippen LogP contribution in [0.5, 0.6) is 5.75 Å². The van der Waals surface area contributed by atoms with Crippen molar-refractivity contribution in [3.8, 4) is 5.75 Å². The molecule has 0 radical (unpaired) electrons. The molecule has 0 saturated carbocycles. The highest BCUT2D eigenvalue weighted by atomic mass is 79.9. The number of benzene rings is 1. The van der Waals surface area contributed by atoms with E-state index in [-0.39, 0.29) is 0 Å². The Labute approximate surface area is 101 Å². The van der Waals surface area contributed by atoms with Crippen LogP contribution in [-0.2, 0) is 12.8 Å². The van der Waals surface area contributed by atoms with Gasteiger partial charge in [-0.1, -0.05) is 41.4 Å². The first-order valence-corrected chi connectivity index (χ1v) is 6.76. The Morgan fingerprint density at radius 1 is 1.20 bits per heavy atom. The lowest BCUT2D eigenvalue weighted by atomic mass is 10.0. The Balaban J connectivity index is 2.66. The molecule has 0 heterocycles. The van der Waals surface area contributed by atoms with Crippen LogP contribution in [0.1, 0.15) is 37.3 Å². The molecule has 84 valence electrons. The van der Waals surface area contributed by atoms with Gasteiger partial charge in [0, 0.05) is 5.33 Å². The second-order valence-electron chi connectivity index (χ2n) is 3.86. The van der Waals surface area contributed by atoms with E-state index in [1.807, 2.05) is 12.1 Å². The van der Waals surface area contributed by atoms with Crippen LogP contribution in [0.15, 0.2) is 18.2 Å². The van der Waals surface area contributed by atoms with Crippen molar-refractivity contribution in [3.05, 3.63) is 29.3 Å². The van der Waals surface area contributed by atoms with Gasteiger partial charge in [-0.3, -0.25) is 0 Å². The zero-order chi connectivity index (χ0) is 11.1. The summed E-state index contributed by atoms with van der Waals surface area (Å²) in [5.41, 5.74) is 2.43. The first-order chi connectivity index (χ1) is 7.27. The molecular weight excluding hydrogens is 252 g/mol. The highest BCUT2D eigenvalue weighted by Crippen LogP contribution is 2.21. The molecule has 0 saturated heterocycles. The average Bonchev–Trinajstić information content (AvgIpc) is 2.26. The van der Waals surface area contributed by atoms with E-state index in [2.05, 4.69) is 28.9 Å². The first kappa shape index (κ1) is 12.6. The zero-order valence-corrected chi connectivity index (χ0v) is 10.9. The van der Waals surface area contributed by atoms with Gasteiger partial charge < -0.3 is 5.11 Å². The molecular formula is C13H19BrO. The fourth-order valence-electron chi connectivity index (χ4n) is 1.63. The summed E-state index contributed by atoms with van der Waals surface area (Å²) in [5, 5.41) is 10.7. The van der Waals surface area contributed by atoms with Gasteiger partial charge in [-0.15, -0.1) is 0 Å². The number of phenolic OH excluding ortho intramolecular Hbond substituents is 1. The van der Waals surface area contributed by atoms with Crippen LogP contribution in [-0.4, -0.2) is 10.4 Å². The Morgan fingerprint density at radius 3 is 2.67 bits per heavy atom. The molecule has 0 spiro atoms. The minimum absolute atomic E-state index is 0.450. The SMILES string of the molecule is CCCCc1cc(CCCBr)ccc1O. The minimum atomic E-state index is 0.450. The van der Waals surface area contributed by atoms with E-state index in [0.717, 1.165) is 36.6 Å². The summed E-state index contributed by atoms with van der Waals surface area (Å²) in [4.78, 5) is 0. The van der Waals surface area contributed by atoms with Crippen LogP contribution in [0.3, 0.4) is 0 Å². The molecule has 1 aromatic carbocycles. The van der Waals surface area contributed by atoms with Crippen molar-refractivity contribution in [2.75, 3.05) is 5.33 Å². The van der Waals surface area contributed by atoms with E-state index >= 15 is 0 Å². The van der Waals surface area contributed by atoms with E-state index < -0.39 is 0 Å². The lowest BCUT2D eigenvalue weighted by Crippen LogP contribution is -1.91. The maximum Gasteiger partial charge on any atom is 0.118 e. The van der Waals surface area contributed by atoms with E-state index in [4.69, 9.17) is 0 Å². The maximum absolute atomic E-state index is 9.68. The summed E-state index contributed by atoms with van der Waals surface area (Å²) in [7, 11) is 0. The van der Waals surface area contributed by atoms with E-state index in [0.29, 0.717) is 5.75 Å². The minimum Gasteiger partial charge on any atom is -0.508 e. The van der Waals surface area contributed by atoms with Gasteiger partial charge in [0.1, 0.15) is 5.75 Å². The van der Waals surface area contributed by atoms with Crippen LogP contribution >= 0.6 is 15.9 Å². The summed E-state index contributed by atoms with van der Waals surface area (Å²) in [6.07, 6.45) is 5.55. The highest BCUT2D eigenvalue weighted by molar-refractivity contribution is 9.09. The van der Waals surface area contributed by atoms with Crippen LogP contribution in [0.25, 0.3) is 0 Å². The topological polar surface area (TPSA) is 20.2 Å². The van der Waals surface area contributed by atoms with Crippen molar-refractivity contribution < 1.29 is 5.11 Å². The molecule has 0 aliphatic rings. The molecule has 0 aliphatic heterocycles. The third kappa shape index (κ3) is 4.25. The molecule has 0 amide bonds. The highest BCUT2D eigenvalue weighted by Gasteiger charge is 2.02. The fraction of sp³-hybridized carbons (Fsp3) is 0.538. The van der Waals surface area contributed by atoms with Crippen molar-refractivity contribution in [2.45, 2.75) is 39.0 Å². The Hall–Kier alpha value is -0.500. The third-order valence-electron chi connectivity index (χ3n) is 2.54. The quantitative estimate of drug-likeness (QED) is 0.773. The number of aromatic hydroxyl groups is 1. The predicted octanol–water partition coefficient (Wildman–Crippen LogP) is 4.06. The second kappa shape index (κ2) is 6.89. The number of halogens is 1. The molecule has 1 aromatic rings. The summed E-state index contributed by atoms with van der Waals surface area (Å²) in [6.45, 7) is 2.17. The van der Waals surface area contributed by atoms with Gasteiger partial charge in [-0.25, -0.2) is 0 Å². The van der Waals surface area contributed by atoms with Gasteiger partial charge in [0.15, 0.2) is 0 Å². The molecule has 0 aromatic heterocycles. The number of alkyl halides is 1. The summed E-state index contributed by atoms with van der Waals surface area (Å²) in [5.74, 6) is 0.450.